The topological polar surface area (TPSA) is 59.8 Å². The number of aromatic nitrogens is 3. The molecule has 28 heavy (non-hydrogen) atoms. The first-order chi connectivity index (χ1) is 13.6. The first kappa shape index (κ1) is 17.2. The van der Waals surface area contributed by atoms with Gasteiger partial charge in [0.05, 0.1) is 0 Å². The molecule has 1 aliphatic carbocycles. The van der Waals surface area contributed by atoms with E-state index in [4.69, 9.17) is 11.6 Å². The summed E-state index contributed by atoms with van der Waals surface area (Å²) >= 11 is 6.08. The number of allylic oxidation sites excluding steroid dienone is 2. The van der Waals surface area contributed by atoms with Crippen LogP contribution in [0.25, 0.3) is 0 Å². The Morgan fingerprint density at radius 3 is 2.54 bits per heavy atom. The number of Topliss-reactive ketones (excluding diaryl/α,β-unsaturated/α-hetero) is 1. The molecule has 2 aromatic carbocycles. The Morgan fingerprint density at radius 1 is 1.04 bits per heavy atom. The molecule has 140 valence electrons. The second kappa shape index (κ2) is 6.60. The van der Waals surface area contributed by atoms with Gasteiger partial charge >= 0.3 is 0 Å². The highest BCUT2D eigenvalue weighted by molar-refractivity contribution is 6.30. The SMILES string of the molecule is Cc1nc2n(n1)C(c1ccc(Cl)cc1)C1=C(CC(c3ccccc3)CC1=O)N2. The van der Waals surface area contributed by atoms with Crippen LogP contribution in [0.3, 0.4) is 0 Å². The van der Waals surface area contributed by atoms with Crippen molar-refractivity contribution in [2.45, 2.75) is 31.7 Å². The number of halogens is 1. The fraction of sp³-hybridized carbons (Fsp3) is 0.227. The van der Waals surface area contributed by atoms with Crippen LogP contribution in [0.4, 0.5) is 5.95 Å². The van der Waals surface area contributed by atoms with Crippen molar-refractivity contribution >= 4 is 23.3 Å². The van der Waals surface area contributed by atoms with E-state index in [9.17, 15) is 4.79 Å². The molecule has 1 N–H and O–H groups in total. The largest absolute Gasteiger partial charge is 0.328 e. The third kappa shape index (κ3) is 2.83. The summed E-state index contributed by atoms with van der Waals surface area (Å²) in [7, 11) is 0. The molecule has 2 unspecified atom stereocenters. The van der Waals surface area contributed by atoms with E-state index in [1.807, 2.05) is 54.1 Å². The quantitative estimate of drug-likeness (QED) is 0.691. The summed E-state index contributed by atoms with van der Waals surface area (Å²) in [6.07, 6.45) is 1.28. The first-order valence-electron chi connectivity index (χ1n) is 9.37. The summed E-state index contributed by atoms with van der Waals surface area (Å²) in [5.41, 5.74) is 3.91. The highest BCUT2D eigenvalue weighted by Crippen LogP contribution is 2.44. The van der Waals surface area contributed by atoms with Crippen LogP contribution in [-0.2, 0) is 4.79 Å². The van der Waals surface area contributed by atoms with Gasteiger partial charge in [-0.25, -0.2) is 4.68 Å². The third-order valence-corrected chi connectivity index (χ3v) is 5.73. The number of hydrogen-bond acceptors (Lipinski definition) is 4. The Kier molecular flexibility index (Phi) is 4.05. The van der Waals surface area contributed by atoms with Crippen LogP contribution >= 0.6 is 11.6 Å². The molecule has 6 heteroatoms. The molecule has 1 aliphatic heterocycles. The van der Waals surface area contributed by atoms with Crippen molar-refractivity contribution in [1.29, 1.82) is 0 Å². The van der Waals surface area contributed by atoms with Gasteiger partial charge in [0, 0.05) is 22.7 Å². The molecular formula is C22H19ClN4O. The number of carbonyl (C=O) groups excluding carboxylic acids is 1. The molecule has 2 heterocycles. The lowest BCUT2D eigenvalue weighted by molar-refractivity contribution is -0.116. The van der Waals surface area contributed by atoms with Gasteiger partial charge in [0.15, 0.2) is 5.78 Å². The second-order valence-electron chi connectivity index (χ2n) is 7.34. The van der Waals surface area contributed by atoms with Gasteiger partial charge in [-0.05, 0) is 42.5 Å². The lowest BCUT2D eigenvalue weighted by atomic mass is 9.78. The highest BCUT2D eigenvalue weighted by Gasteiger charge is 2.39. The fourth-order valence-electron chi connectivity index (χ4n) is 4.23. The summed E-state index contributed by atoms with van der Waals surface area (Å²) in [6, 6.07) is 17.6. The number of fused-ring (bicyclic) bond motifs is 1. The Labute approximate surface area is 168 Å². The van der Waals surface area contributed by atoms with Gasteiger partial charge in [0.2, 0.25) is 5.95 Å². The summed E-state index contributed by atoms with van der Waals surface area (Å²) in [4.78, 5) is 17.8. The molecule has 0 amide bonds. The number of carbonyl (C=O) groups is 1. The maximum absolute atomic E-state index is 13.3. The number of nitrogens with one attached hydrogen (secondary N) is 1. The summed E-state index contributed by atoms with van der Waals surface area (Å²) in [5.74, 6) is 1.67. The van der Waals surface area contributed by atoms with Gasteiger partial charge in [0.25, 0.3) is 0 Å². The molecule has 5 nitrogen and oxygen atoms in total. The predicted octanol–water partition coefficient (Wildman–Crippen LogP) is 4.66. The van der Waals surface area contributed by atoms with Gasteiger partial charge < -0.3 is 5.32 Å². The molecule has 0 saturated carbocycles. The minimum Gasteiger partial charge on any atom is -0.328 e. The molecule has 0 bridgehead atoms. The van der Waals surface area contributed by atoms with Gasteiger partial charge in [0.1, 0.15) is 11.9 Å². The number of nitrogens with zero attached hydrogens (tertiary/aromatic N) is 3. The van der Waals surface area contributed by atoms with Crippen molar-refractivity contribution in [3.8, 4) is 0 Å². The van der Waals surface area contributed by atoms with E-state index in [1.54, 1.807) is 0 Å². The van der Waals surface area contributed by atoms with Gasteiger partial charge in [-0.2, -0.15) is 10.1 Å². The van der Waals surface area contributed by atoms with E-state index in [1.165, 1.54) is 5.56 Å². The lowest BCUT2D eigenvalue weighted by Crippen LogP contribution is -2.33. The molecule has 3 aromatic rings. The van der Waals surface area contributed by atoms with Crippen molar-refractivity contribution in [1.82, 2.24) is 14.8 Å². The molecule has 2 atom stereocenters. The van der Waals surface area contributed by atoms with Crippen LogP contribution in [0.1, 0.15) is 41.8 Å². The molecule has 0 spiro atoms. The van der Waals surface area contributed by atoms with Crippen LogP contribution in [0.2, 0.25) is 5.02 Å². The van der Waals surface area contributed by atoms with Crippen molar-refractivity contribution < 1.29 is 4.79 Å². The zero-order chi connectivity index (χ0) is 19.3. The number of aryl methyl sites for hydroxylation is 1. The Morgan fingerprint density at radius 2 is 1.79 bits per heavy atom. The number of hydrogen-bond donors (Lipinski definition) is 1. The van der Waals surface area contributed by atoms with E-state index in [0.29, 0.717) is 23.2 Å². The standard InChI is InChI=1S/C22H19ClN4O/c1-13-24-22-25-18-11-16(14-5-3-2-4-6-14)12-19(28)20(18)21(27(22)26-13)15-7-9-17(23)10-8-15/h2-10,16,21H,11-12H2,1H3,(H,24,25,26). The lowest BCUT2D eigenvalue weighted by Gasteiger charge is -2.35. The molecule has 0 saturated heterocycles. The van der Waals surface area contributed by atoms with Crippen molar-refractivity contribution in [2.24, 2.45) is 0 Å². The average molecular weight is 391 g/mol. The van der Waals surface area contributed by atoms with Gasteiger partial charge in [-0.3, -0.25) is 4.79 Å². The Hall–Kier alpha value is -2.92. The van der Waals surface area contributed by atoms with Crippen LogP contribution < -0.4 is 5.32 Å². The molecule has 0 fully saturated rings. The zero-order valence-corrected chi connectivity index (χ0v) is 16.1. The van der Waals surface area contributed by atoms with E-state index in [2.05, 4.69) is 27.5 Å². The molecule has 1 aromatic heterocycles. The zero-order valence-electron chi connectivity index (χ0n) is 15.4. The molecule has 5 rings (SSSR count). The van der Waals surface area contributed by atoms with Crippen LogP contribution in [0, 0.1) is 6.92 Å². The average Bonchev–Trinajstić information content (AvgIpc) is 3.07. The maximum atomic E-state index is 13.3. The Balaban J connectivity index is 1.62. The summed E-state index contributed by atoms with van der Waals surface area (Å²) < 4.78 is 1.82. The Bertz CT molecular complexity index is 1090. The highest BCUT2D eigenvalue weighted by atomic mass is 35.5. The fourth-order valence-corrected chi connectivity index (χ4v) is 4.36. The van der Waals surface area contributed by atoms with E-state index < -0.39 is 0 Å². The molecule has 2 aliphatic rings. The normalized spacial score (nSPS) is 21.1. The van der Waals surface area contributed by atoms with Crippen LogP contribution in [0.15, 0.2) is 65.9 Å². The van der Waals surface area contributed by atoms with Crippen molar-refractivity contribution in [3.05, 3.63) is 87.8 Å². The predicted molar refractivity (Wildman–Crippen MR) is 108 cm³/mol. The second-order valence-corrected chi connectivity index (χ2v) is 7.77. The molecular weight excluding hydrogens is 372 g/mol. The van der Waals surface area contributed by atoms with Gasteiger partial charge in [-0.15, -0.1) is 0 Å². The van der Waals surface area contributed by atoms with Crippen LogP contribution in [-0.4, -0.2) is 20.5 Å². The smallest absolute Gasteiger partial charge is 0.226 e. The first-order valence-corrected chi connectivity index (χ1v) is 9.75. The van der Waals surface area contributed by atoms with E-state index >= 15 is 0 Å². The minimum absolute atomic E-state index is 0.154. The third-order valence-electron chi connectivity index (χ3n) is 5.48. The van der Waals surface area contributed by atoms with Crippen molar-refractivity contribution in [3.63, 3.8) is 0 Å². The van der Waals surface area contributed by atoms with E-state index in [-0.39, 0.29) is 17.7 Å². The monoisotopic (exact) mass is 390 g/mol. The number of rotatable bonds is 2. The van der Waals surface area contributed by atoms with Gasteiger partial charge in [-0.1, -0.05) is 54.1 Å². The summed E-state index contributed by atoms with van der Waals surface area (Å²) in [5, 5.41) is 8.61. The summed E-state index contributed by atoms with van der Waals surface area (Å²) in [6.45, 7) is 1.86. The van der Waals surface area contributed by atoms with Crippen molar-refractivity contribution in [2.75, 3.05) is 5.32 Å². The van der Waals surface area contributed by atoms with Crippen LogP contribution in [0.5, 0.6) is 0 Å². The number of anilines is 1. The number of benzene rings is 2. The van der Waals surface area contributed by atoms with E-state index in [0.717, 1.165) is 23.3 Å². The minimum atomic E-state index is -0.283. The molecule has 0 radical (unpaired) electrons. The number of ketones is 1. The maximum Gasteiger partial charge on any atom is 0.226 e.